The van der Waals surface area contributed by atoms with Gasteiger partial charge in [-0.15, -0.1) is 11.3 Å². The standard InChI is InChI=1S/C16H20N2OS/c1-3-14(15-5-4-10-20-15)18-11-12-6-8-13(9-7-12)16(19)17-2/h4-10,14,18H,3,11H2,1-2H3,(H,17,19). The first kappa shape index (κ1) is 14.8. The summed E-state index contributed by atoms with van der Waals surface area (Å²) in [5, 5.41) is 8.30. The highest BCUT2D eigenvalue weighted by Gasteiger charge is 2.09. The third-order valence-corrected chi connectivity index (χ3v) is 4.28. The molecule has 0 radical (unpaired) electrons. The van der Waals surface area contributed by atoms with Gasteiger partial charge in [0.1, 0.15) is 0 Å². The first-order valence-electron chi connectivity index (χ1n) is 6.82. The average molecular weight is 288 g/mol. The molecule has 1 heterocycles. The van der Waals surface area contributed by atoms with Crippen molar-refractivity contribution in [1.29, 1.82) is 0 Å². The second kappa shape index (κ2) is 7.22. The lowest BCUT2D eigenvalue weighted by Gasteiger charge is -2.15. The molecule has 3 nitrogen and oxygen atoms in total. The summed E-state index contributed by atoms with van der Waals surface area (Å²) >= 11 is 1.78. The lowest BCUT2D eigenvalue weighted by molar-refractivity contribution is 0.0963. The number of benzene rings is 1. The van der Waals surface area contributed by atoms with E-state index < -0.39 is 0 Å². The van der Waals surface area contributed by atoms with Crippen molar-refractivity contribution < 1.29 is 4.79 Å². The third-order valence-electron chi connectivity index (χ3n) is 3.29. The van der Waals surface area contributed by atoms with Crippen LogP contribution in [0.2, 0.25) is 0 Å². The fraction of sp³-hybridized carbons (Fsp3) is 0.312. The molecule has 0 saturated heterocycles. The van der Waals surface area contributed by atoms with Crippen molar-refractivity contribution in [2.24, 2.45) is 0 Å². The number of rotatable bonds is 6. The summed E-state index contributed by atoms with van der Waals surface area (Å²) in [6, 6.07) is 12.4. The van der Waals surface area contributed by atoms with Crippen LogP contribution in [0.5, 0.6) is 0 Å². The Morgan fingerprint density at radius 2 is 2.00 bits per heavy atom. The van der Waals surface area contributed by atoms with Crippen LogP contribution in [0.4, 0.5) is 0 Å². The molecule has 2 aromatic rings. The molecular weight excluding hydrogens is 268 g/mol. The van der Waals surface area contributed by atoms with Gasteiger partial charge in [0.2, 0.25) is 0 Å². The molecule has 1 atom stereocenters. The summed E-state index contributed by atoms with van der Waals surface area (Å²) < 4.78 is 0. The second-order valence-electron chi connectivity index (χ2n) is 4.63. The zero-order chi connectivity index (χ0) is 14.4. The summed E-state index contributed by atoms with van der Waals surface area (Å²) in [6.07, 6.45) is 1.07. The van der Waals surface area contributed by atoms with Crippen molar-refractivity contribution in [3.63, 3.8) is 0 Å². The third kappa shape index (κ3) is 3.68. The Bertz CT molecular complexity index is 534. The second-order valence-corrected chi connectivity index (χ2v) is 5.61. The van der Waals surface area contributed by atoms with E-state index in [2.05, 4.69) is 35.1 Å². The number of amides is 1. The van der Waals surface area contributed by atoms with Crippen LogP contribution in [-0.2, 0) is 6.54 Å². The van der Waals surface area contributed by atoms with Crippen molar-refractivity contribution >= 4 is 17.2 Å². The van der Waals surface area contributed by atoms with E-state index in [4.69, 9.17) is 0 Å². The maximum Gasteiger partial charge on any atom is 0.251 e. The van der Waals surface area contributed by atoms with Crippen molar-refractivity contribution in [3.05, 3.63) is 57.8 Å². The topological polar surface area (TPSA) is 41.1 Å². The molecule has 1 aromatic heterocycles. The summed E-state index contributed by atoms with van der Waals surface area (Å²) in [5.41, 5.74) is 1.88. The minimum atomic E-state index is -0.0467. The minimum absolute atomic E-state index is 0.0467. The largest absolute Gasteiger partial charge is 0.355 e. The van der Waals surface area contributed by atoms with Gasteiger partial charge in [0.15, 0.2) is 0 Å². The van der Waals surface area contributed by atoms with E-state index in [0.717, 1.165) is 13.0 Å². The molecule has 4 heteroatoms. The number of nitrogens with one attached hydrogen (secondary N) is 2. The van der Waals surface area contributed by atoms with Gasteiger partial charge in [-0.2, -0.15) is 0 Å². The predicted molar refractivity (Wildman–Crippen MR) is 84.0 cm³/mol. The maximum absolute atomic E-state index is 11.5. The van der Waals surface area contributed by atoms with Crippen LogP contribution in [0, 0.1) is 0 Å². The Kier molecular flexibility index (Phi) is 5.32. The SMILES string of the molecule is CCC(NCc1ccc(C(=O)NC)cc1)c1cccs1. The molecule has 0 spiro atoms. The zero-order valence-corrected chi connectivity index (χ0v) is 12.7. The summed E-state index contributed by atoms with van der Waals surface area (Å²) in [4.78, 5) is 12.8. The number of carbonyl (C=O) groups excluding carboxylic acids is 1. The molecular formula is C16H20N2OS. The Labute approximate surface area is 124 Å². The van der Waals surface area contributed by atoms with E-state index in [1.165, 1.54) is 10.4 Å². The Hall–Kier alpha value is -1.65. The van der Waals surface area contributed by atoms with Gasteiger partial charge >= 0.3 is 0 Å². The Balaban J connectivity index is 1.95. The normalized spacial score (nSPS) is 12.1. The first-order chi connectivity index (χ1) is 9.74. The number of carbonyl (C=O) groups is 1. The Morgan fingerprint density at radius 3 is 2.55 bits per heavy atom. The van der Waals surface area contributed by atoms with E-state index in [-0.39, 0.29) is 5.91 Å². The molecule has 0 saturated carbocycles. The summed E-state index contributed by atoms with van der Waals surface area (Å²) in [6.45, 7) is 3.00. The molecule has 106 valence electrons. The van der Waals surface area contributed by atoms with Gasteiger partial charge in [0.25, 0.3) is 5.91 Å². The fourth-order valence-electron chi connectivity index (χ4n) is 2.10. The molecule has 0 aliphatic rings. The molecule has 1 unspecified atom stereocenters. The molecule has 2 N–H and O–H groups in total. The molecule has 0 fully saturated rings. The monoisotopic (exact) mass is 288 g/mol. The summed E-state index contributed by atoms with van der Waals surface area (Å²) in [5.74, 6) is -0.0467. The molecule has 20 heavy (non-hydrogen) atoms. The molecule has 0 bridgehead atoms. The molecule has 0 aliphatic carbocycles. The van der Waals surface area contributed by atoms with Crippen molar-refractivity contribution in [3.8, 4) is 0 Å². The summed E-state index contributed by atoms with van der Waals surface area (Å²) in [7, 11) is 1.64. The van der Waals surface area contributed by atoms with E-state index in [1.54, 1.807) is 18.4 Å². The quantitative estimate of drug-likeness (QED) is 0.856. The van der Waals surface area contributed by atoms with Crippen LogP contribution in [-0.4, -0.2) is 13.0 Å². The van der Waals surface area contributed by atoms with E-state index in [0.29, 0.717) is 11.6 Å². The Morgan fingerprint density at radius 1 is 1.25 bits per heavy atom. The van der Waals surface area contributed by atoms with Gasteiger partial charge in [-0.25, -0.2) is 0 Å². The first-order valence-corrected chi connectivity index (χ1v) is 7.70. The van der Waals surface area contributed by atoms with E-state index in [9.17, 15) is 4.79 Å². The number of hydrogen-bond acceptors (Lipinski definition) is 3. The lowest BCUT2D eigenvalue weighted by atomic mass is 10.1. The van der Waals surface area contributed by atoms with E-state index in [1.807, 2.05) is 24.3 Å². The van der Waals surface area contributed by atoms with Crippen LogP contribution in [0.25, 0.3) is 0 Å². The van der Waals surface area contributed by atoms with Crippen LogP contribution < -0.4 is 10.6 Å². The minimum Gasteiger partial charge on any atom is -0.355 e. The van der Waals surface area contributed by atoms with Crippen molar-refractivity contribution in [1.82, 2.24) is 10.6 Å². The van der Waals surface area contributed by atoms with Crippen LogP contribution in [0.1, 0.15) is 40.2 Å². The van der Waals surface area contributed by atoms with Gasteiger partial charge in [0, 0.05) is 30.1 Å². The fourth-order valence-corrected chi connectivity index (χ4v) is 2.98. The smallest absolute Gasteiger partial charge is 0.251 e. The van der Waals surface area contributed by atoms with Crippen LogP contribution in [0.15, 0.2) is 41.8 Å². The zero-order valence-electron chi connectivity index (χ0n) is 11.8. The molecule has 1 aromatic carbocycles. The maximum atomic E-state index is 11.5. The van der Waals surface area contributed by atoms with E-state index >= 15 is 0 Å². The van der Waals surface area contributed by atoms with Gasteiger partial charge in [-0.3, -0.25) is 4.79 Å². The highest BCUT2D eigenvalue weighted by atomic mass is 32.1. The van der Waals surface area contributed by atoms with Gasteiger partial charge in [-0.1, -0.05) is 25.1 Å². The molecule has 2 rings (SSSR count). The lowest BCUT2D eigenvalue weighted by Crippen LogP contribution is -2.20. The van der Waals surface area contributed by atoms with Gasteiger partial charge in [-0.05, 0) is 35.6 Å². The average Bonchev–Trinajstić information content (AvgIpc) is 3.02. The molecule has 1 amide bonds. The van der Waals surface area contributed by atoms with Gasteiger partial charge < -0.3 is 10.6 Å². The highest BCUT2D eigenvalue weighted by molar-refractivity contribution is 7.10. The van der Waals surface area contributed by atoms with Crippen molar-refractivity contribution in [2.45, 2.75) is 25.9 Å². The van der Waals surface area contributed by atoms with Gasteiger partial charge in [0.05, 0.1) is 0 Å². The van der Waals surface area contributed by atoms with Crippen molar-refractivity contribution in [2.75, 3.05) is 7.05 Å². The highest BCUT2D eigenvalue weighted by Crippen LogP contribution is 2.22. The number of thiophene rings is 1. The predicted octanol–water partition coefficient (Wildman–Crippen LogP) is 3.35. The molecule has 0 aliphatic heterocycles. The van der Waals surface area contributed by atoms with Crippen LogP contribution >= 0.6 is 11.3 Å². The number of hydrogen-bond donors (Lipinski definition) is 2. The van der Waals surface area contributed by atoms with Crippen LogP contribution in [0.3, 0.4) is 0 Å².